The van der Waals surface area contributed by atoms with Crippen LogP contribution in [0.1, 0.15) is 15.9 Å². The molecular weight excluding hydrogens is 432 g/mol. The van der Waals surface area contributed by atoms with Crippen molar-refractivity contribution in [2.24, 2.45) is 7.05 Å². The molecule has 7 nitrogen and oxygen atoms in total. The molecule has 0 saturated carbocycles. The third-order valence-electron chi connectivity index (χ3n) is 5.06. The number of aryl methyl sites for hydroxylation is 1. The Kier molecular flexibility index (Phi) is 5.11. The van der Waals surface area contributed by atoms with Crippen LogP contribution in [0.3, 0.4) is 0 Å². The normalized spacial score (nSPS) is 17.8. The van der Waals surface area contributed by atoms with E-state index in [4.69, 9.17) is 4.74 Å². The van der Waals surface area contributed by atoms with Crippen molar-refractivity contribution in [3.8, 4) is 11.1 Å². The van der Waals surface area contributed by atoms with E-state index in [0.717, 1.165) is 24.3 Å². The number of halogens is 4. The number of ether oxygens (including phenoxy) is 1. The van der Waals surface area contributed by atoms with Gasteiger partial charge in [-0.1, -0.05) is 6.07 Å². The van der Waals surface area contributed by atoms with Crippen LogP contribution in [0.2, 0.25) is 0 Å². The summed E-state index contributed by atoms with van der Waals surface area (Å²) in [6.45, 7) is -1.08. The van der Waals surface area contributed by atoms with Gasteiger partial charge in [-0.3, -0.25) is 14.8 Å². The first-order valence-electron chi connectivity index (χ1n) is 9.33. The molecule has 0 radical (unpaired) electrons. The molecule has 2 amide bonds. The van der Waals surface area contributed by atoms with Gasteiger partial charge in [-0.2, -0.15) is 18.3 Å². The van der Waals surface area contributed by atoms with Crippen LogP contribution in [0.4, 0.5) is 28.0 Å². The highest BCUT2D eigenvalue weighted by Gasteiger charge is 2.62. The summed E-state index contributed by atoms with van der Waals surface area (Å²) in [6.07, 6.45) is -3.27. The summed E-state index contributed by atoms with van der Waals surface area (Å²) in [7, 11) is 1.66. The van der Waals surface area contributed by atoms with Crippen LogP contribution in [-0.4, -0.2) is 34.5 Å². The van der Waals surface area contributed by atoms with Crippen LogP contribution in [0.15, 0.2) is 54.9 Å². The molecule has 0 fully saturated rings. The first-order chi connectivity index (χ1) is 15.1. The van der Waals surface area contributed by atoms with Gasteiger partial charge in [0.2, 0.25) is 0 Å². The fourth-order valence-corrected chi connectivity index (χ4v) is 3.44. The number of hydrogen-bond acceptors (Lipinski definition) is 4. The fraction of sp³-hybridized carbons (Fsp3) is 0.190. The minimum Gasteiger partial charge on any atom is -0.426 e. The lowest BCUT2D eigenvalue weighted by Gasteiger charge is -2.39. The number of carbonyl (C=O) groups is 2. The molecule has 3 aromatic rings. The van der Waals surface area contributed by atoms with Gasteiger partial charge >= 0.3 is 12.3 Å². The molecular formula is C21H16F4N4O3. The van der Waals surface area contributed by atoms with Crippen molar-refractivity contribution in [1.82, 2.24) is 15.1 Å². The number of aromatic nitrogens is 2. The highest BCUT2D eigenvalue weighted by molar-refractivity contribution is 5.94. The number of alkyl halides is 3. The lowest BCUT2D eigenvalue weighted by atomic mass is 9.87. The second-order valence-electron chi connectivity index (χ2n) is 7.19. The first-order valence-corrected chi connectivity index (χ1v) is 9.33. The number of cyclic esters (lactones) is 1. The molecule has 0 aliphatic carbocycles. The number of carbonyl (C=O) groups excluding carboxylic acids is 2. The zero-order valence-corrected chi connectivity index (χ0v) is 16.5. The van der Waals surface area contributed by atoms with Gasteiger partial charge in [0.15, 0.2) is 0 Å². The third-order valence-corrected chi connectivity index (χ3v) is 5.06. The summed E-state index contributed by atoms with van der Waals surface area (Å²) in [5, 5.41) is 8.43. The summed E-state index contributed by atoms with van der Waals surface area (Å²) in [6, 6.07) is 8.40. The Hall–Kier alpha value is -3.89. The van der Waals surface area contributed by atoms with E-state index in [2.05, 4.69) is 15.7 Å². The summed E-state index contributed by atoms with van der Waals surface area (Å²) in [4.78, 5) is 24.4. The van der Waals surface area contributed by atoms with Gasteiger partial charge in [0.25, 0.3) is 11.5 Å². The zero-order valence-electron chi connectivity index (χ0n) is 16.5. The Morgan fingerprint density at radius 2 is 1.91 bits per heavy atom. The average molecular weight is 448 g/mol. The second-order valence-corrected chi connectivity index (χ2v) is 7.19. The topological polar surface area (TPSA) is 85.2 Å². The molecule has 0 bridgehead atoms. The second kappa shape index (κ2) is 7.66. The summed E-state index contributed by atoms with van der Waals surface area (Å²) in [5.41, 5.74) is -2.69. The molecule has 1 atom stereocenters. The van der Waals surface area contributed by atoms with Gasteiger partial charge in [-0.25, -0.2) is 9.18 Å². The number of fused-ring (bicyclic) bond motifs is 1. The summed E-state index contributed by atoms with van der Waals surface area (Å²) < 4.78 is 62.5. The van der Waals surface area contributed by atoms with Crippen LogP contribution in [-0.2, 0) is 17.4 Å². The monoisotopic (exact) mass is 448 g/mol. The van der Waals surface area contributed by atoms with Crippen molar-refractivity contribution in [2.75, 3.05) is 11.9 Å². The van der Waals surface area contributed by atoms with Gasteiger partial charge in [-0.05, 0) is 42.0 Å². The predicted molar refractivity (Wildman–Crippen MR) is 105 cm³/mol. The van der Waals surface area contributed by atoms with Gasteiger partial charge < -0.3 is 10.1 Å². The third kappa shape index (κ3) is 3.77. The molecule has 32 heavy (non-hydrogen) atoms. The molecule has 0 saturated heterocycles. The van der Waals surface area contributed by atoms with Crippen molar-refractivity contribution in [1.29, 1.82) is 0 Å². The van der Waals surface area contributed by atoms with Gasteiger partial charge in [-0.15, -0.1) is 0 Å². The number of nitrogens with zero attached hydrogens (tertiary/aromatic N) is 2. The van der Waals surface area contributed by atoms with E-state index in [9.17, 15) is 27.2 Å². The van der Waals surface area contributed by atoms with E-state index >= 15 is 0 Å². The standard InChI is InChI=1S/C21H16F4N4O3/c1-29-10-14(9-27-29)13-4-7-17-16(8-13)20(21(23,24)25,32-19(31)28-17)11-26-18(30)12-2-5-15(22)6-3-12/h2-10H,11H2,1H3,(H,26,30)(H,28,31)/t20-/m1/s1. The molecule has 166 valence electrons. The Balaban J connectivity index is 1.75. The predicted octanol–water partition coefficient (Wildman–Crippen LogP) is 3.98. The Labute approximate surface area is 179 Å². The number of nitrogens with one attached hydrogen (secondary N) is 2. The molecule has 2 aromatic carbocycles. The zero-order chi connectivity index (χ0) is 23.1. The maximum absolute atomic E-state index is 14.4. The summed E-state index contributed by atoms with van der Waals surface area (Å²) in [5.74, 6) is -1.48. The van der Waals surface area contributed by atoms with Crippen molar-refractivity contribution in [2.45, 2.75) is 11.8 Å². The van der Waals surface area contributed by atoms with E-state index in [1.807, 2.05) is 0 Å². The van der Waals surface area contributed by atoms with Crippen molar-refractivity contribution < 1.29 is 31.9 Å². The average Bonchev–Trinajstić information content (AvgIpc) is 3.17. The Morgan fingerprint density at radius 3 is 2.53 bits per heavy atom. The van der Waals surface area contributed by atoms with Crippen LogP contribution in [0.5, 0.6) is 0 Å². The maximum atomic E-state index is 14.4. The number of anilines is 1. The number of hydrogen-bond donors (Lipinski definition) is 2. The molecule has 4 rings (SSSR count). The largest absolute Gasteiger partial charge is 0.434 e. The molecule has 0 unspecified atom stereocenters. The van der Waals surface area contributed by atoms with Crippen molar-refractivity contribution in [3.63, 3.8) is 0 Å². The first kappa shape index (κ1) is 21.3. The Bertz CT molecular complexity index is 1190. The van der Waals surface area contributed by atoms with E-state index in [0.29, 0.717) is 11.1 Å². The quantitative estimate of drug-likeness (QED) is 0.592. The molecule has 11 heteroatoms. The molecule has 0 spiro atoms. The van der Waals surface area contributed by atoms with Gasteiger partial charge in [0, 0.05) is 29.9 Å². The van der Waals surface area contributed by atoms with E-state index < -0.39 is 36.1 Å². The molecule has 1 aliphatic rings. The molecule has 1 aliphatic heterocycles. The highest BCUT2D eigenvalue weighted by atomic mass is 19.4. The lowest BCUT2D eigenvalue weighted by molar-refractivity contribution is -0.261. The van der Waals surface area contributed by atoms with Gasteiger partial charge in [0.1, 0.15) is 5.82 Å². The SMILES string of the molecule is Cn1cc(-c2ccc3c(c2)[C@](CNC(=O)c2ccc(F)cc2)(C(F)(F)F)OC(=O)N3)cn1. The van der Waals surface area contributed by atoms with Crippen molar-refractivity contribution in [3.05, 3.63) is 71.8 Å². The lowest BCUT2D eigenvalue weighted by Crippen LogP contribution is -2.56. The summed E-state index contributed by atoms with van der Waals surface area (Å²) >= 11 is 0. The van der Waals surface area contributed by atoms with E-state index in [-0.39, 0.29) is 16.8 Å². The minimum absolute atomic E-state index is 0.0479. The molecule has 1 aromatic heterocycles. The van der Waals surface area contributed by atoms with Crippen molar-refractivity contribution >= 4 is 17.7 Å². The van der Waals surface area contributed by atoms with E-state index in [1.165, 1.54) is 23.0 Å². The maximum Gasteiger partial charge on any atom is 0.434 e. The highest BCUT2D eigenvalue weighted by Crippen LogP contribution is 2.48. The van der Waals surface area contributed by atoms with Crippen LogP contribution in [0, 0.1) is 5.82 Å². The molecule has 2 N–H and O–H groups in total. The molecule has 2 heterocycles. The van der Waals surface area contributed by atoms with Gasteiger partial charge in [0.05, 0.1) is 18.4 Å². The van der Waals surface area contributed by atoms with Crippen LogP contribution >= 0.6 is 0 Å². The minimum atomic E-state index is -5.07. The number of benzene rings is 2. The number of rotatable bonds is 4. The van der Waals surface area contributed by atoms with E-state index in [1.54, 1.807) is 19.3 Å². The number of amides is 2. The van der Waals surface area contributed by atoms with Crippen LogP contribution < -0.4 is 10.6 Å². The smallest absolute Gasteiger partial charge is 0.426 e. The fourth-order valence-electron chi connectivity index (χ4n) is 3.44. The Morgan fingerprint density at radius 1 is 1.19 bits per heavy atom. The van der Waals surface area contributed by atoms with Crippen LogP contribution in [0.25, 0.3) is 11.1 Å².